The molecule has 2 N–H and O–H groups in total. The van der Waals surface area contributed by atoms with Crippen LogP contribution in [0, 0.1) is 0 Å². The molecule has 3 nitrogen and oxygen atoms in total. The number of rotatable bonds is 5. The second-order valence-electron chi connectivity index (χ2n) is 5.38. The fraction of sp³-hybridized carbons (Fsp3) is 0.643. The normalized spacial score (nSPS) is 11.6. The van der Waals surface area contributed by atoms with E-state index in [0.29, 0.717) is 0 Å². The van der Waals surface area contributed by atoms with Crippen molar-refractivity contribution in [1.82, 2.24) is 4.98 Å². The quantitative estimate of drug-likeness (QED) is 0.853. The topological polar surface area (TPSA) is 42.1 Å². The molecule has 1 aromatic heterocycles. The van der Waals surface area contributed by atoms with Crippen LogP contribution in [-0.2, 0) is 5.41 Å². The number of nitrogens with zero attached hydrogens (tertiary/aromatic N) is 2. The molecule has 0 saturated carbocycles. The Hall–Kier alpha value is -1.09. The Morgan fingerprint density at radius 1 is 1.29 bits per heavy atom. The van der Waals surface area contributed by atoms with Crippen LogP contribution in [0.15, 0.2) is 18.3 Å². The first-order valence-electron chi connectivity index (χ1n) is 6.40. The minimum absolute atomic E-state index is 0.167. The van der Waals surface area contributed by atoms with Gasteiger partial charge >= 0.3 is 0 Å². The van der Waals surface area contributed by atoms with E-state index >= 15 is 0 Å². The van der Waals surface area contributed by atoms with Crippen LogP contribution in [0.3, 0.4) is 0 Å². The Kier molecular flexibility index (Phi) is 4.94. The van der Waals surface area contributed by atoms with E-state index in [-0.39, 0.29) is 5.41 Å². The molecule has 1 aromatic rings. The monoisotopic (exact) mass is 235 g/mol. The molecule has 0 aliphatic heterocycles. The van der Waals surface area contributed by atoms with Gasteiger partial charge in [-0.25, -0.2) is 4.98 Å². The molecular formula is C14H25N3. The van der Waals surface area contributed by atoms with E-state index in [2.05, 4.69) is 49.7 Å². The maximum absolute atomic E-state index is 5.54. The summed E-state index contributed by atoms with van der Waals surface area (Å²) < 4.78 is 0. The number of hydrogen-bond acceptors (Lipinski definition) is 3. The minimum Gasteiger partial charge on any atom is -0.357 e. The Morgan fingerprint density at radius 3 is 2.41 bits per heavy atom. The zero-order chi connectivity index (χ0) is 12.9. The molecule has 3 heteroatoms. The maximum Gasteiger partial charge on any atom is 0.128 e. The first kappa shape index (κ1) is 14.0. The van der Waals surface area contributed by atoms with Gasteiger partial charge in [0.15, 0.2) is 0 Å². The van der Waals surface area contributed by atoms with Crippen LogP contribution in [0.5, 0.6) is 0 Å². The zero-order valence-electron chi connectivity index (χ0n) is 11.5. The Balaban J connectivity index is 2.78. The molecule has 0 saturated heterocycles. The van der Waals surface area contributed by atoms with E-state index in [1.54, 1.807) is 0 Å². The summed E-state index contributed by atoms with van der Waals surface area (Å²) in [5, 5.41) is 0. The number of nitrogens with two attached hydrogens (primary N) is 1. The van der Waals surface area contributed by atoms with Crippen LogP contribution in [0.4, 0.5) is 5.82 Å². The lowest BCUT2D eigenvalue weighted by atomic mass is 9.88. The first-order valence-corrected chi connectivity index (χ1v) is 6.40. The van der Waals surface area contributed by atoms with Crippen molar-refractivity contribution >= 4 is 5.82 Å². The highest BCUT2D eigenvalue weighted by molar-refractivity contribution is 5.40. The van der Waals surface area contributed by atoms with E-state index in [4.69, 9.17) is 5.73 Å². The van der Waals surface area contributed by atoms with Gasteiger partial charge in [-0.3, -0.25) is 0 Å². The fourth-order valence-corrected chi connectivity index (χ4v) is 1.73. The van der Waals surface area contributed by atoms with Crippen molar-refractivity contribution in [3.05, 3.63) is 23.9 Å². The van der Waals surface area contributed by atoms with Gasteiger partial charge < -0.3 is 10.6 Å². The average molecular weight is 235 g/mol. The van der Waals surface area contributed by atoms with Crippen LogP contribution in [0.25, 0.3) is 0 Å². The predicted molar refractivity (Wildman–Crippen MR) is 74.5 cm³/mol. The van der Waals surface area contributed by atoms with Gasteiger partial charge in [0.1, 0.15) is 5.82 Å². The molecule has 0 spiro atoms. The van der Waals surface area contributed by atoms with Gasteiger partial charge in [0, 0.05) is 19.3 Å². The summed E-state index contributed by atoms with van der Waals surface area (Å²) in [6.45, 7) is 11.4. The third-order valence-electron chi connectivity index (χ3n) is 2.95. The van der Waals surface area contributed by atoms with Crippen molar-refractivity contribution in [3.8, 4) is 0 Å². The Morgan fingerprint density at radius 2 is 2.00 bits per heavy atom. The van der Waals surface area contributed by atoms with Gasteiger partial charge in [-0.15, -0.1) is 0 Å². The molecule has 0 aliphatic rings. The second kappa shape index (κ2) is 6.01. The van der Waals surface area contributed by atoms with E-state index in [9.17, 15) is 0 Å². The summed E-state index contributed by atoms with van der Waals surface area (Å²) in [6, 6.07) is 4.29. The van der Waals surface area contributed by atoms with Crippen molar-refractivity contribution in [2.45, 2.75) is 39.5 Å². The molecule has 0 aromatic carbocycles. The van der Waals surface area contributed by atoms with Crippen molar-refractivity contribution in [2.75, 3.05) is 24.5 Å². The van der Waals surface area contributed by atoms with Gasteiger partial charge in [0.25, 0.3) is 0 Å². The lowest BCUT2D eigenvalue weighted by Gasteiger charge is -2.23. The Labute approximate surface area is 105 Å². The third kappa shape index (κ3) is 4.00. The molecule has 0 radical (unpaired) electrons. The van der Waals surface area contributed by atoms with E-state index in [1.165, 1.54) is 5.56 Å². The summed E-state index contributed by atoms with van der Waals surface area (Å²) in [5.74, 6) is 1.05. The molecular weight excluding hydrogens is 210 g/mol. The highest BCUT2D eigenvalue weighted by atomic mass is 15.2. The summed E-state index contributed by atoms with van der Waals surface area (Å²) >= 11 is 0. The first-order chi connectivity index (χ1) is 7.99. The van der Waals surface area contributed by atoms with Crippen LogP contribution >= 0.6 is 0 Å². The Bertz CT molecular complexity index is 324. The van der Waals surface area contributed by atoms with Gasteiger partial charge in [-0.1, -0.05) is 26.8 Å². The van der Waals surface area contributed by atoms with E-state index in [1.807, 2.05) is 6.20 Å². The van der Waals surface area contributed by atoms with Gasteiger partial charge in [-0.2, -0.15) is 0 Å². The smallest absolute Gasteiger partial charge is 0.128 e. The maximum atomic E-state index is 5.54. The fourth-order valence-electron chi connectivity index (χ4n) is 1.73. The molecule has 0 amide bonds. The molecule has 0 unspecified atom stereocenters. The summed E-state index contributed by atoms with van der Waals surface area (Å²) in [6.07, 6.45) is 3.00. The van der Waals surface area contributed by atoms with E-state index < -0.39 is 0 Å². The van der Waals surface area contributed by atoms with Crippen LogP contribution in [0.2, 0.25) is 0 Å². The van der Waals surface area contributed by atoms with Gasteiger partial charge in [-0.05, 0) is 36.9 Å². The minimum atomic E-state index is 0.167. The number of hydrogen-bond donors (Lipinski definition) is 1. The van der Waals surface area contributed by atoms with Crippen LogP contribution in [0.1, 0.15) is 39.7 Å². The number of anilines is 1. The molecule has 0 aliphatic carbocycles. The highest BCUT2D eigenvalue weighted by Gasteiger charge is 2.14. The molecule has 1 rings (SSSR count). The molecule has 0 atom stereocenters. The zero-order valence-corrected chi connectivity index (χ0v) is 11.5. The van der Waals surface area contributed by atoms with Crippen molar-refractivity contribution in [2.24, 2.45) is 5.73 Å². The summed E-state index contributed by atoms with van der Waals surface area (Å²) in [4.78, 5) is 6.82. The second-order valence-corrected chi connectivity index (χ2v) is 5.38. The molecule has 0 fully saturated rings. The highest BCUT2D eigenvalue weighted by Crippen LogP contribution is 2.22. The lowest BCUT2D eigenvalue weighted by Crippen LogP contribution is -2.26. The molecule has 1 heterocycles. The summed E-state index contributed by atoms with van der Waals surface area (Å²) in [5.41, 5.74) is 6.98. The third-order valence-corrected chi connectivity index (χ3v) is 2.95. The SMILES string of the molecule is CCN(CCCN)c1ccc(C(C)(C)C)cn1. The lowest BCUT2D eigenvalue weighted by molar-refractivity contribution is 0.587. The molecule has 17 heavy (non-hydrogen) atoms. The largest absolute Gasteiger partial charge is 0.357 e. The average Bonchev–Trinajstić information content (AvgIpc) is 2.29. The number of pyridine rings is 1. The van der Waals surface area contributed by atoms with Crippen LogP contribution in [-0.4, -0.2) is 24.6 Å². The van der Waals surface area contributed by atoms with Crippen molar-refractivity contribution in [1.29, 1.82) is 0 Å². The number of aromatic nitrogens is 1. The van der Waals surface area contributed by atoms with Gasteiger partial charge in [0.05, 0.1) is 0 Å². The molecule has 0 bridgehead atoms. The molecule has 96 valence electrons. The van der Waals surface area contributed by atoms with E-state index in [0.717, 1.165) is 31.9 Å². The van der Waals surface area contributed by atoms with Gasteiger partial charge in [0.2, 0.25) is 0 Å². The summed E-state index contributed by atoms with van der Waals surface area (Å²) in [7, 11) is 0. The van der Waals surface area contributed by atoms with Crippen molar-refractivity contribution < 1.29 is 0 Å². The predicted octanol–water partition coefficient (Wildman–Crippen LogP) is 2.55. The van der Waals surface area contributed by atoms with Crippen LogP contribution < -0.4 is 10.6 Å². The standard InChI is InChI=1S/C14H25N3/c1-5-17(10-6-9-15)13-8-7-12(11-16-13)14(2,3)4/h7-8,11H,5-6,9-10,15H2,1-4H3. The van der Waals surface area contributed by atoms with Crippen molar-refractivity contribution in [3.63, 3.8) is 0 Å².